The largest absolute Gasteiger partial charge is 0.490 e. The van der Waals surface area contributed by atoms with Crippen molar-refractivity contribution in [1.82, 2.24) is 5.32 Å². The number of carbonyl (C=O) groups is 1. The molecule has 0 spiro atoms. The molecule has 2 aromatic carbocycles. The number of hydrogen-bond acceptors (Lipinski definition) is 4. The van der Waals surface area contributed by atoms with Crippen LogP contribution in [-0.2, 0) is 11.4 Å². The molecule has 5 nitrogen and oxygen atoms in total. The molecule has 0 aromatic heterocycles. The smallest absolute Gasteiger partial charge is 0.262 e. The number of nitriles is 1. The van der Waals surface area contributed by atoms with Gasteiger partial charge in [-0.2, -0.15) is 5.26 Å². The van der Waals surface area contributed by atoms with E-state index in [-0.39, 0.29) is 11.6 Å². The quantitative estimate of drug-likeness (QED) is 0.565. The zero-order valence-electron chi connectivity index (χ0n) is 15.9. The number of nitrogens with zero attached hydrogens (tertiary/aromatic N) is 1. The van der Waals surface area contributed by atoms with Crippen molar-refractivity contribution in [2.75, 3.05) is 6.61 Å². The van der Waals surface area contributed by atoms with E-state index >= 15 is 0 Å². The molecule has 0 bridgehead atoms. The highest BCUT2D eigenvalue weighted by molar-refractivity contribution is 6.01. The molecule has 0 radical (unpaired) electrons. The molecule has 0 unspecified atom stereocenters. The van der Waals surface area contributed by atoms with Crippen LogP contribution in [0.3, 0.4) is 0 Å². The highest BCUT2D eigenvalue weighted by Gasteiger charge is 2.12. The number of ether oxygens (including phenoxy) is 2. The fourth-order valence-electron chi connectivity index (χ4n) is 2.39. The molecule has 0 aliphatic carbocycles. The van der Waals surface area contributed by atoms with Gasteiger partial charge in [0.1, 0.15) is 18.2 Å². The van der Waals surface area contributed by atoms with Gasteiger partial charge in [0.15, 0.2) is 11.5 Å². The van der Waals surface area contributed by atoms with Crippen molar-refractivity contribution in [2.24, 2.45) is 0 Å². The Kier molecular flexibility index (Phi) is 7.45. The van der Waals surface area contributed by atoms with E-state index in [0.717, 1.165) is 5.56 Å². The predicted octanol–water partition coefficient (Wildman–Crippen LogP) is 4.10. The van der Waals surface area contributed by atoms with Crippen molar-refractivity contribution < 1.29 is 14.3 Å². The lowest BCUT2D eigenvalue weighted by molar-refractivity contribution is -0.117. The maximum absolute atomic E-state index is 12.1. The lowest BCUT2D eigenvalue weighted by atomic mass is 10.1. The monoisotopic (exact) mass is 364 g/mol. The molecule has 0 saturated carbocycles. The minimum atomic E-state index is -0.394. The van der Waals surface area contributed by atoms with Crippen molar-refractivity contribution >= 4 is 12.0 Å². The highest BCUT2D eigenvalue weighted by Crippen LogP contribution is 2.30. The minimum Gasteiger partial charge on any atom is -0.490 e. The van der Waals surface area contributed by atoms with Crippen molar-refractivity contribution in [1.29, 1.82) is 5.26 Å². The summed E-state index contributed by atoms with van der Waals surface area (Å²) in [6.07, 6.45) is 1.54. The standard InChI is InChI=1S/C22H24N2O3/c1-4-26-21-13-18(12-19(14-23)22(25)24-16(2)3)10-11-20(21)27-15-17-8-6-5-7-9-17/h5-13,16H,4,15H2,1-3H3,(H,24,25)/b19-12-. The topological polar surface area (TPSA) is 71.3 Å². The molecule has 0 aliphatic heterocycles. The molecule has 0 saturated heterocycles. The molecule has 5 heteroatoms. The van der Waals surface area contributed by atoms with Gasteiger partial charge in [-0.15, -0.1) is 0 Å². The van der Waals surface area contributed by atoms with Crippen molar-refractivity contribution in [3.05, 3.63) is 65.2 Å². The minimum absolute atomic E-state index is 0.0398. The van der Waals surface area contributed by atoms with Crippen molar-refractivity contribution in [3.63, 3.8) is 0 Å². The molecule has 1 amide bonds. The van der Waals surface area contributed by atoms with Crippen LogP contribution in [0.2, 0.25) is 0 Å². The van der Waals surface area contributed by atoms with Crippen LogP contribution in [0.1, 0.15) is 31.9 Å². The molecule has 1 N–H and O–H groups in total. The molecule has 140 valence electrons. The van der Waals surface area contributed by atoms with Crippen LogP contribution in [0.4, 0.5) is 0 Å². The van der Waals surface area contributed by atoms with Gasteiger partial charge >= 0.3 is 0 Å². The summed E-state index contributed by atoms with van der Waals surface area (Å²) in [5.74, 6) is 0.793. The van der Waals surface area contributed by atoms with E-state index in [1.807, 2.05) is 57.2 Å². The van der Waals surface area contributed by atoms with Gasteiger partial charge in [-0.3, -0.25) is 4.79 Å². The summed E-state index contributed by atoms with van der Waals surface area (Å²) < 4.78 is 11.5. The highest BCUT2D eigenvalue weighted by atomic mass is 16.5. The van der Waals surface area contributed by atoms with Gasteiger partial charge in [0.25, 0.3) is 5.91 Å². The number of nitrogens with one attached hydrogen (secondary N) is 1. The Bertz CT molecular complexity index is 836. The first-order valence-electron chi connectivity index (χ1n) is 8.89. The Morgan fingerprint density at radius 3 is 2.52 bits per heavy atom. The van der Waals surface area contributed by atoms with Crippen LogP contribution in [0.5, 0.6) is 11.5 Å². The average molecular weight is 364 g/mol. The second-order valence-corrected chi connectivity index (χ2v) is 6.21. The maximum atomic E-state index is 12.1. The Labute approximate surface area is 160 Å². The normalized spacial score (nSPS) is 11.0. The second-order valence-electron chi connectivity index (χ2n) is 6.21. The van der Waals surface area contributed by atoms with E-state index in [2.05, 4.69) is 5.32 Å². The second kappa shape index (κ2) is 10.0. The van der Waals surface area contributed by atoms with Crippen molar-refractivity contribution in [2.45, 2.75) is 33.4 Å². The summed E-state index contributed by atoms with van der Waals surface area (Å²) in [6.45, 7) is 6.49. The van der Waals surface area contributed by atoms with E-state index < -0.39 is 5.91 Å². The molecular weight excluding hydrogens is 340 g/mol. The number of carbonyl (C=O) groups excluding carboxylic acids is 1. The zero-order valence-corrected chi connectivity index (χ0v) is 15.9. The lowest BCUT2D eigenvalue weighted by Crippen LogP contribution is -2.30. The molecule has 0 fully saturated rings. The third-order valence-corrected chi connectivity index (χ3v) is 3.60. The Morgan fingerprint density at radius 2 is 1.89 bits per heavy atom. The van der Waals surface area contributed by atoms with Gasteiger partial charge in [0, 0.05) is 6.04 Å². The Morgan fingerprint density at radius 1 is 1.15 bits per heavy atom. The van der Waals surface area contributed by atoms with Crippen LogP contribution in [0.25, 0.3) is 6.08 Å². The molecule has 27 heavy (non-hydrogen) atoms. The first kappa shape index (κ1) is 20.1. The average Bonchev–Trinajstić information content (AvgIpc) is 2.66. The summed E-state index contributed by atoms with van der Waals surface area (Å²) in [5, 5.41) is 12.0. The zero-order chi connectivity index (χ0) is 19.6. The number of hydrogen-bond donors (Lipinski definition) is 1. The summed E-state index contributed by atoms with van der Waals surface area (Å²) in [6, 6.07) is 17.1. The van der Waals surface area contributed by atoms with Crippen LogP contribution in [-0.4, -0.2) is 18.6 Å². The molecule has 2 aromatic rings. The number of amides is 1. The van der Waals surface area contributed by atoms with Crippen LogP contribution in [0, 0.1) is 11.3 Å². The van der Waals surface area contributed by atoms with E-state index in [1.54, 1.807) is 24.3 Å². The van der Waals surface area contributed by atoms with E-state index in [9.17, 15) is 10.1 Å². The van der Waals surface area contributed by atoms with E-state index in [0.29, 0.717) is 30.3 Å². The summed E-state index contributed by atoms with van der Waals surface area (Å²) in [4.78, 5) is 12.1. The van der Waals surface area contributed by atoms with E-state index in [4.69, 9.17) is 9.47 Å². The van der Waals surface area contributed by atoms with Gasteiger partial charge in [-0.25, -0.2) is 0 Å². The van der Waals surface area contributed by atoms with Crippen LogP contribution < -0.4 is 14.8 Å². The van der Waals surface area contributed by atoms with Crippen LogP contribution >= 0.6 is 0 Å². The van der Waals surface area contributed by atoms with Gasteiger partial charge in [-0.05, 0) is 50.1 Å². The molecule has 0 heterocycles. The van der Waals surface area contributed by atoms with Crippen molar-refractivity contribution in [3.8, 4) is 17.6 Å². The third-order valence-electron chi connectivity index (χ3n) is 3.60. The molecule has 0 aliphatic rings. The maximum Gasteiger partial charge on any atom is 0.262 e. The summed E-state index contributed by atoms with van der Waals surface area (Å²) >= 11 is 0. The lowest BCUT2D eigenvalue weighted by Gasteiger charge is -2.13. The number of benzene rings is 2. The fraction of sp³-hybridized carbons (Fsp3) is 0.273. The van der Waals surface area contributed by atoms with Gasteiger partial charge in [0.05, 0.1) is 6.61 Å². The first-order chi connectivity index (χ1) is 13.0. The molecule has 0 atom stereocenters. The Hall–Kier alpha value is -3.26. The fourth-order valence-corrected chi connectivity index (χ4v) is 2.39. The first-order valence-corrected chi connectivity index (χ1v) is 8.89. The van der Waals surface area contributed by atoms with Gasteiger partial charge in [-0.1, -0.05) is 36.4 Å². The predicted molar refractivity (Wildman–Crippen MR) is 105 cm³/mol. The summed E-state index contributed by atoms with van der Waals surface area (Å²) in [7, 11) is 0. The summed E-state index contributed by atoms with van der Waals surface area (Å²) in [5.41, 5.74) is 1.80. The Balaban J connectivity index is 2.21. The SMILES string of the molecule is CCOc1cc(/C=C(/C#N)C(=O)NC(C)C)ccc1OCc1ccccc1. The number of rotatable bonds is 8. The third kappa shape index (κ3) is 6.19. The van der Waals surface area contributed by atoms with Crippen LogP contribution in [0.15, 0.2) is 54.1 Å². The van der Waals surface area contributed by atoms with Gasteiger partial charge < -0.3 is 14.8 Å². The molecular formula is C22H24N2O3. The van der Waals surface area contributed by atoms with Gasteiger partial charge in [0.2, 0.25) is 0 Å². The molecule has 2 rings (SSSR count). The van der Waals surface area contributed by atoms with E-state index in [1.165, 1.54) is 0 Å².